The lowest BCUT2D eigenvalue weighted by molar-refractivity contribution is 0.100. The molecule has 0 aliphatic heterocycles. The number of amides is 2. The van der Waals surface area contributed by atoms with E-state index in [9.17, 15) is 9.59 Å². The Morgan fingerprint density at radius 1 is 1.20 bits per heavy atom. The maximum atomic E-state index is 12.2. The lowest BCUT2D eigenvalue weighted by Crippen LogP contribution is -2.16. The van der Waals surface area contributed by atoms with E-state index in [0.717, 1.165) is 10.2 Å². The molecule has 7 heteroatoms. The van der Waals surface area contributed by atoms with Crippen molar-refractivity contribution in [2.24, 2.45) is 5.73 Å². The SMILES string of the molecule is NC(=O)c1ccsc1NC(=O)c1ccc2ncsc2c1. The normalized spacial score (nSPS) is 10.6. The summed E-state index contributed by atoms with van der Waals surface area (Å²) >= 11 is 2.74. The second kappa shape index (κ2) is 5.03. The molecule has 1 aromatic carbocycles. The molecule has 2 amide bonds. The molecule has 20 heavy (non-hydrogen) atoms. The quantitative estimate of drug-likeness (QED) is 0.780. The molecule has 0 atom stereocenters. The van der Waals surface area contributed by atoms with Crippen LogP contribution in [0.2, 0.25) is 0 Å². The van der Waals surface area contributed by atoms with Gasteiger partial charge in [0, 0.05) is 5.56 Å². The van der Waals surface area contributed by atoms with Gasteiger partial charge in [0.25, 0.3) is 11.8 Å². The van der Waals surface area contributed by atoms with Crippen molar-refractivity contribution in [3.8, 4) is 0 Å². The Labute approximate surface area is 122 Å². The molecular weight excluding hydrogens is 294 g/mol. The number of primary amides is 1. The fourth-order valence-corrected chi connectivity index (χ4v) is 3.28. The highest BCUT2D eigenvalue weighted by Crippen LogP contribution is 2.24. The van der Waals surface area contributed by atoms with Crippen molar-refractivity contribution in [1.29, 1.82) is 0 Å². The van der Waals surface area contributed by atoms with Crippen LogP contribution in [0.3, 0.4) is 0 Å². The van der Waals surface area contributed by atoms with Crippen LogP contribution in [-0.4, -0.2) is 16.8 Å². The predicted octanol–water partition coefficient (Wildman–Crippen LogP) is 2.71. The Balaban J connectivity index is 1.88. The fourth-order valence-electron chi connectivity index (χ4n) is 1.77. The maximum absolute atomic E-state index is 12.2. The van der Waals surface area contributed by atoms with E-state index < -0.39 is 5.91 Å². The molecule has 0 saturated carbocycles. The standard InChI is InChI=1S/C13H9N3O2S2/c14-11(17)8-3-4-19-13(8)16-12(18)7-1-2-9-10(5-7)20-6-15-9/h1-6H,(H2,14,17)(H,16,18). The van der Waals surface area contributed by atoms with E-state index in [-0.39, 0.29) is 5.91 Å². The van der Waals surface area contributed by atoms with E-state index in [2.05, 4.69) is 10.3 Å². The van der Waals surface area contributed by atoms with Crippen LogP contribution < -0.4 is 11.1 Å². The second-order valence-electron chi connectivity index (χ2n) is 4.02. The number of nitrogens with zero attached hydrogens (tertiary/aromatic N) is 1. The number of anilines is 1. The summed E-state index contributed by atoms with van der Waals surface area (Å²) in [4.78, 5) is 27.6. The molecule has 0 fully saturated rings. The van der Waals surface area contributed by atoms with Gasteiger partial charge in [-0.3, -0.25) is 9.59 Å². The summed E-state index contributed by atoms with van der Waals surface area (Å²) in [6, 6.07) is 6.87. The molecule has 3 rings (SSSR count). The number of thiophene rings is 1. The smallest absolute Gasteiger partial charge is 0.256 e. The van der Waals surface area contributed by atoms with E-state index >= 15 is 0 Å². The number of rotatable bonds is 3. The van der Waals surface area contributed by atoms with Crippen molar-refractivity contribution in [3.63, 3.8) is 0 Å². The Morgan fingerprint density at radius 2 is 2.05 bits per heavy atom. The van der Waals surface area contributed by atoms with E-state index in [0.29, 0.717) is 16.1 Å². The first-order valence-electron chi connectivity index (χ1n) is 5.67. The van der Waals surface area contributed by atoms with Gasteiger partial charge in [-0.2, -0.15) is 0 Å². The highest BCUT2D eigenvalue weighted by Gasteiger charge is 2.14. The van der Waals surface area contributed by atoms with Crippen molar-refractivity contribution in [2.75, 3.05) is 5.32 Å². The van der Waals surface area contributed by atoms with Crippen LogP contribution in [0.4, 0.5) is 5.00 Å². The van der Waals surface area contributed by atoms with Crippen LogP contribution >= 0.6 is 22.7 Å². The first-order chi connectivity index (χ1) is 9.65. The average Bonchev–Trinajstić information content (AvgIpc) is 3.05. The molecule has 0 bridgehead atoms. The van der Waals surface area contributed by atoms with Gasteiger partial charge in [0.1, 0.15) is 5.00 Å². The number of fused-ring (bicyclic) bond motifs is 1. The Hall–Kier alpha value is -2.25. The fraction of sp³-hybridized carbons (Fsp3) is 0. The van der Waals surface area contributed by atoms with Crippen molar-refractivity contribution < 1.29 is 9.59 Å². The molecule has 5 nitrogen and oxygen atoms in total. The van der Waals surface area contributed by atoms with Gasteiger partial charge in [0.2, 0.25) is 0 Å². The minimum Gasteiger partial charge on any atom is -0.366 e. The molecule has 2 heterocycles. The van der Waals surface area contributed by atoms with E-state index in [4.69, 9.17) is 5.73 Å². The van der Waals surface area contributed by atoms with Crippen molar-refractivity contribution in [3.05, 3.63) is 46.3 Å². The molecule has 3 N–H and O–H groups in total. The summed E-state index contributed by atoms with van der Waals surface area (Å²) in [6.07, 6.45) is 0. The number of thiazole rings is 1. The number of carbonyl (C=O) groups excluding carboxylic acids is 2. The molecular formula is C13H9N3O2S2. The van der Waals surface area contributed by atoms with Crippen molar-refractivity contribution >= 4 is 49.7 Å². The van der Waals surface area contributed by atoms with Gasteiger partial charge in [-0.05, 0) is 29.6 Å². The predicted molar refractivity (Wildman–Crippen MR) is 80.4 cm³/mol. The maximum Gasteiger partial charge on any atom is 0.256 e. The summed E-state index contributed by atoms with van der Waals surface area (Å²) in [5.41, 5.74) is 8.68. The zero-order chi connectivity index (χ0) is 14.1. The van der Waals surface area contributed by atoms with Crippen molar-refractivity contribution in [1.82, 2.24) is 4.98 Å². The highest BCUT2D eigenvalue weighted by molar-refractivity contribution is 7.16. The Kier molecular flexibility index (Phi) is 3.21. The molecule has 0 aliphatic carbocycles. The molecule has 0 unspecified atom stereocenters. The molecule has 0 spiro atoms. The van der Waals surface area contributed by atoms with Crippen LogP contribution in [0.1, 0.15) is 20.7 Å². The largest absolute Gasteiger partial charge is 0.366 e. The highest BCUT2D eigenvalue weighted by atomic mass is 32.1. The minimum absolute atomic E-state index is 0.273. The third-order valence-corrected chi connectivity index (χ3v) is 4.37. The molecule has 3 aromatic rings. The van der Waals surface area contributed by atoms with Crippen molar-refractivity contribution in [2.45, 2.75) is 0 Å². The summed E-state index contributed by atoms with van der Waals surface area (Å²) in [5.74, 6) is -0.829. The number of nitrogens with two attached hydrogens (primary N) is 1. The van der Waals surface area contributed by atoms with Gasteiger partial charge in [0.05, 0.1) is 21.3 Å². The van der Waals surface area contributed by atoms with Crippen LogP contribution in [-0.2, 0) is 0 Å². The lowest BCUT2D eigenvalue weighted by atomic mass is 10.2. The Morgan fingerprint density at radius 3 is 2.85 bits per heavy atom. The Bertz CT molecular complexity index is 807. The van der Waals surface area contributed by atoms with E-state index in [1.165, 1.54) is 22.7 Å². The van der Waals surface area contributed by atoms with Gasteiger partial charge >= 0.3 is 0 Å². The van der Waals surface area contributed by atoms with Crippen LogP contribution in [0.25, 0.3) is 10.2 Å². The van der Waals surface area contributed by atoms with E-state index in [1.54, 1.807) is 35.2 Å². The number of benzene rings is 1. The monoisotopic (exact) mass is 303 g/mol. The van der Waals surface area contributed by atoms with Gasteiger partial charge < -0.3 is 11.1 Å². The molecule has 2 aromatic heterocycles. The topological polar surface area (TPSA) is 85.1 Å². The molecule has 0 radical (unpaired) electrons. The molecule has 0 saturated heterocycles. The number of nitrogens with one attached hydrogen (secondary N) is 1. The average molecular weight is 303 g/mol. The summed E-state index contributed by atoms with van der Waals surface area (Å²) in [7, 11) is 0. The summed E-state index contributed by atoms with van der Waals surface area (Å²) in [6.45, 7) is 0. The third kappa shape index (κ3) is 2.28. The number of hydrogen-bond acceptors (Lipinski definition) is 5. The number of aromatic nitrogens is 1. The number of carbonyl (C=O) groups is 2. The first kappa shape index (κ1) is 12.8. The molecule has 100 valence electrons. The minimum atomic E-state index is -0.556. The molecule has 0 aliphatic rings. The van der Waals surface area contributed by atoms with Crippen LogP contribution in [0.5, 0.6) is 0 Å². The first-order valence-corrected chi connectivity index (χ1v) is 7.43. The zero-order valence-electron chi connectivity index (χ0n) is 10.1. The second-order valence-corrected chi connectivity index (χ2v) is 5.82. The third-order valence-electron chi connectivity index (χ3n) is 2.75. The number of hydrogen-bond donors (Lipinski definition) is 2. The zero-order valence-corrected chi connectivity index (χ0v) is 11.8. The van der Waals surface area contributed by atoms with Gasteiger partial charge in [-0.25, -0.2) is 4.98 Å². The summed E-state index contributed by atoms with van der Waals surface area (Å²) < 4.78 is 0.943. The van der Waals surface area contributed by atoms with Crippen LogP contribution in [0, 0.1) is 0 Å². The van der Waals surface area contributed by atoms with Gasteiger partial charge in [-0.1, -0.05) is 0 Å². The van der Waals surface area contributed by atoms with Gasteiger partial charge in [-0.15, -0.1) is 22.7 Å². The van der Waals surface area contributed by atoms with Gasteiger partial charge in [0.15, 0.2) is 0 Å². The van der Waals surface area contributed by atoms with E-state index in [1.807, 2.05) is 0 Å². The lowest BCUT2D eigenvalue weighted by Gasteiger charge is -2.04. The summed E-state index contributed by atoms with van der Waals surface area (Å²) in [5, 5.41) is 4.88. The van der Waals surface area contributed by atoms with Crippen LogP contribution in [0.15, 0.2) is 35.2 Å².